The molecule has 0 atom stereocenters. The highest BCUT2D eigenvalue weighted by Gasteiger charge is 2.14. The maximum atomic E-state index is 4.97. The van der Waals surface area contributed by atoms with Gasteiger partial charge in [0.15, 0.2) is 5.82 Å². The Morgan fingerprint density at radius 3 is 2.45 bits per heavy atom. The molecule has 5 nitrogen and oxygen atoms in total. The lowest BCUT2D eigenvalue weighted by Gasteiger charge is -2.16. The molecule has 0 fully saturated rings. The summed E-state index contributed by atoms with van der Waals surface area (Å²) in [6.45, 7) is 2.21. The highest BCUT2D eigenvalue weighted by molar-refractivity contribution is 7.71. The first-order chi connectivity index (χ1) is 16.2. The predicted octanol–water partition coefficient (Wildman–Crippen LogP) is 7.15. The summed E-state index contributed by atoms with van der Waals surface area (Å²) in [5, 5.41) is 11.0. The van der Waals surface area contributed by atoms with E-state index in [1.54, 1.807) is 0 Å². The SMILES string of the molecule is CC/C(=C(\c1ccc(C=Cc2nc(=S)o[nH]2)cc1)c1ccc2[nH]ncc2c1)c1ccccc1. The van der Waals surface area contributed by atoms with Gasteiger partial charge in [-0.3, -0.25) is 5.10 Å². The number of nitrogens with one attached hydrogen (secondary N) is 2. The monoisotopic (exact) mass is 450 g/mol. The van der Waals surface area contributed by atoms with E-state index in [0.717, 1.165) is 28.5 Å². The Kier molecular flexibility index (Phi) is 5.83. The van der Waals surface area contributed by atoms with Crippen molar-refractivity contribution in [2.45, 2.75) is 13.3 Å². The fourth-order valence-corrected chi connectivity index (χ4v) is 4.17. The number of fused-ring (bicyclic) bond motifs is 1. The Bertz CT molecular complexity index is 1510. The molecule has 0 saturated carbocycles. The average molecular weight is 451 g/mol. The number of H-pyrrole nitrogens is 2. The fraction of sp³-hybridized carbons (Fsp3) is 0.0741. The second kappa shape index (κ2) is 9.22. The Labute approximate surface area is 196 Å². The van der Waals surface area contributed by atoms with Crippen molar-refractivity contribution in [1.82, 2.24) is 20.3 Å². The molecule has 2 aromatic heterocycles. The molecule has 0 unspecified atom stereocenters. The van der Waals surface area contributed by atoms with Crippen LogP contribution < -0.4 is 0 Å². The summed E-state index contributed by atoms with van der Waals surface area (Å²) in [6, 6.07) is 25.6. The second-order valence-corrected chi connectivity index (χ2v) is 8.02. The van der Waals surface area contributed by atoms with Gasteiger partial charge in [-0.1, -0.05) is 73.7 Å². The predicted molar refractivity (Wildman–Crippen MR) is 136 cm³/mol. The van der Waals surface area contributed by atoms with E-state index in [9.17, 15) is 0 Å². The molecule has 2 heterocycles. The minimum atomic E-state index is 0.197. The smallest absolute Gasteiger partial charge is 0.314 e. The van der Waals surface area contributed by atoms with E-state index < -0.39 is 0 Å². The third-order valence-electron chi connectivity index (χ3n) is 5.59. The Hall–Kier alpha value is -4.03. The van der Waals surface area contributed by atoms with Crippen LogP contribution in [0.15, 0.2) is 83.5 Å². The van der Waals surface area contributed by atoms with Crippen LogP contribution in [0.3, 0.4) is 0 Å². The van der Waals surface area contributed by atoms with Gasteiger partial charge in [-0.25, -0.2) is 5.16 Å². The molecule has 162 valence electrons. The molecule has 0 radical (unpaired) electrons. The zero-order valence-corrected chi connectivity index (χ0v) is 18.9. The Morgan fingerprint density at radius 2 is 1.73 bits per heavy atom. The van der Waals surface area contributed by atoms with Crippen molar-refractivity contribution in [2.75, 3.05) is 0 Å². The molecule has 0 amide bonds. The third-order valence-corrected chi connectivity index (χ3v) is 5.77. The fourth-order valence-electron chi connectivity index (χ4n) is 4.03. The second-order valence-electron chi connectivity index (χ2n) is 7.67. The van der Waals surface area contributed by atoms with Crippen LogP contribution in [0.25, 0.3) is 34.2 Å². The topological polar surface area (TPSA) is 70.5 Å². The van der Waals surface area contributed by atoms with Gasteiger partial charge < -0.3 is 4.52 Å². The number of aromatic amines is 2. The van der Waals surface area contributed by atoms with Crippen molar-refractivity contribution in [1.29, 1.82) is 0 Å². The summed E-state index contributed by atoms with van der Waals surface area (Å²) in [5.74, 6) is 0.593. The first kappa shape index (κ1) is 20.8. The van der Waals surface area contributed by atoms with E-state index in [4.69, 9.17) is 16.7 Å². The molecule has 2 N–H and O–H groups in total. The lowest BCUT2D eigenvalue weighted by Crippen LogP contribution is -1.95. The molecule has 0 saturated heterocycles. The maximum absolute atomic E-state index is 4.97. The maximum Gasteiger partial charge on any atom is 0.314 e. The van der Waals surface area contributed by atoms with Crippen LogP contribution in [-0.4, -0.2) is 20.3 Å². The number of rotatable bonds is 6. The van der Waals surface area contributed by atoms with Crippen LogP contribution in [-0.2, 0) is 0 Å². The minimum absolute atomic E-state index is 0.197. The van der Waals surface area contributed by atoms with E-state index >= 15 is 0 Å². The van der Waals surface area contributed by atoms with E-state index in [2.05, 4.69) is 100 Å². The molecule has 5 rings (SSSR count). The Balaban J connectivity index is 1.60. The van der Waals surface area contributed by atoms with Crippen molar-refractivity contribution in [3.8, 4) is 0 Å². The summed E-state index contributed by atoms with van der Waals surface area (Å²) in [7, 11) is 0. The van der Waals surface area contributed by atoms with E-state index in [-0.39, 0.29) is 4.84 Å². The number of benzene rings is 3. The van der Waals surface area contributed by atoms with Crippen LogP contribution >= 0.6 is 12.2 Å². The van der Waals surface area contributed by atoms with Gasteiger partial charge in [-0.15, -0.1) is 0 Å². The van der Waals surface area contributed by atoms with Gasteiger partial charge >= 0.3 is 4.84 Å². The van der Waals surface area contributed by atoms with Crippen LogP contribution in [0.4, 0.5) is 0 Å². The highest BCUT2D eigenvalue weighted by Crippen LogP contribution is 2.35. The first-order valence-electron chi connectivity index (χ1n) is 10.8. The van der Waals surface area contributed by atoms with E-state index in [1.807, 2.05) is 18.3 Å². The third kappa shape index (κ3) is 4.47. The first-order valence-corrected chi connectivity index (χ1v) is 11.2. The lowest BCUT2D eigenvalue weighted by molar-refractivity contribution is 0.403. The van der Waals surface area contributed by atoms with Crippen LogP contribution in [0.1, 0.15) is 41.4 Å². The van der Waals surface area contributed by atoms with Crippen molar-refractivity contribution in [2.24, 2.45) is 0 Å². The zero-order chi connectivity index (χ0) is 22.6. The molecule has 33 heavy (non-hydrogen) atoms. The van der Waals surface area contributed by atoms with Crippen molar-refractivity contribution >= 4 is 46.4 Å². The highest BCUT2D eigenvalue weighted by atomic mass is 32.1. The largest absolute Gasteiger partial charge is 0.348 e. The summed E-state index contributed by atoms with van der Waals surface area (Å²) in [6.07, 6.45) is 6.61. The molecule has 0 bridgehead atoms. The summed E-state index contributed by atoms with van der Waals surface area (Å²) in [4.78, 5) is 4.29. The molecule has 6 heteroatoms. The molecular formula is C27H22N4OS. The summed E-state index contributed by atoms with van der Waals surface area (Å²) >= 11 is 4.90. The van der Waals surface area contributed by atoms with Crippen LogP contribution in [0, 0.1) is 4.84 Å². The van der Waals surface area contributed by atoms with Crippen LogP contribution in [0.2, 0.25) is 0 Å². The van der Waals surface area contributed by atoms with E-state index in [1.165, 1.54) is 22.3 Å². The van der Waals surface area contributed by atoms with Gasteiger partial charge in [-0.2, -0.15) is 10.1 Å². The minimum Gasteiger partial charge on any atom is -0.348 e. The standard InChI is InChI=1S/C27H22N4OS/c1-2-23(19-6-4-3-5-7-19)26(21-13-14-24-22(16-21)17-28-30-24)20-11-8-18(9-12-20)10-15-25-29-27(33)32-31-25/h3-17H,2H2,1H3,(H,28,30)(H,29,31,33)/b15-10?,26-23-. The molecule has 0 aliphatic rings. The lowest BCUT2D eigenvalue weighted by atomic mass is 9.87. The summed E-state index contributed by atoms with van der Waals surface area (Å²) < 4.78 is 4.97. The van der Waals surface area contributed by atoms with Gasteiger partial charge in [-0.05, 0) is 70.2 Å². The quantitative estimate of drug-likeness (QED) is 0.213. The van der Waals surface area contributed by atoms with Gasteiger partial charge in [0.2, 0.25) is 0 Å². The van der Waals surface area contributed by atoms with Crippen molar-refractivity contribution < 1.29 is 4.52 Å². The van der Waals surface area contributed by atoms with Crippen LogP contribution in [0.5, 0.6) is 0 Å². The van der Waals surface area contributed by atoms with Gasteiger partial charge in [0.05, 0.1) is 11.7 Å². The molecule has 5 aromatic rings. The molecular weight excluding hydrogens is 428 g/mol. The number of allylic oxidation sites excluding steroid dienone is 1. The molecule has 3 aromatic carbocycles. The normalized spacial score (nSPS) is 12.4. The summed E-state index contributed by atoms with van der Waals surface area (Å²) in [5.41, 5.74) is 8.18. The zero-order valence-electron chi connectivity index (χ0n) is 18.1. The average Bonchev–Trinajstić information content (AvgIpc) is 3.50. The number of nitrogens with zero attached hydrogens (tertiary/aromatic N) is 2. The number of aromatic nitrogens is 4. The van der Waals surface area contributed by atoms with Gasteiger partial charge in [0.1, 0.15) is 0 Å². The van der Waals surface area contributed by atoms with Gasteiger partial charge in [0, 0.05) is 5.39 Å². The van der Waals surface area contributed by atoms with Crippen molar-refractivity contribution in [3.05, 3.63) is 112 Å². The Morgan fingerprint density at radius 1 is 0.939 bits per heavy atom. The molecule has 0 aliphatic heterocycles. The van der Waals surface area contributed by atoms with Crippen molar-refractivity contribution in [3.63, 3.8) is 0 Å². The number of hydrogen-bond donors (Lipinski definition) is 2. The molecule has 0 aliphatic carbocycles. The van der Waals surface area contributed by atoms with E-state index in [0.29, 0.717) is 5.82 Å². The van der Waals surface area contributed by atoms with Gasteiger partial charge in [0.25, 0.3) is 0 Å². The molecule has 0 spiro atoms. The number of hydrogen-bond acceptors (Lipinski definition) is 4.